The Morgan fingerprint density at radius 1 is 1.29 bits per heavy atom. The van der Waals surface area contributed by atoms with Gasteiger partial charge in [-0.1, -0.05) is 30.3 Å². The van der Waals surface area contributed by atoms with Gasteiger partial charge in [-0.15, -0.1) is 0 Å². The van der Waals surface area contributed by atoms with Gasteiger partial charge in [0.25, 0.3) is 0 Å². The van der Waals surface area contributed by atoms with Gasteiger partial charge in [-0.2, -0.15) is 0 Å². The van der Waals surface area contributed by atoms with Gasteiger partial charge in [-0.3, -0.25) is 4.90 Å². The highest BCUT2D eigenvalue weighted by Gasteiger charge is 2.18. The molecule has 1 heterocycles. The lowest BCUT2D eigenvalue weighted by atomic mass is 10.1. The molecule has 1 aromatic rings. The number of hydrogen-bond acceptors (Lipinski definition) is 3. The van der Waals surface area contributed by atoms with Crippen LogP contribution >= 0.6 is 0 Å². The smallest absolute Gasteiger partial charge is 0.0431 e. The van der Waals surface area contributed by atoms with Gasteiger partial charge in [0.05, 0.1) is 0 Å². The van der Waals surface area contributed by atoms with E-state index in [2.05, 4.69) is 40.5 Å². The van der Waals surface area contributed by atoms with E-state index in [1.54, 1.807) is 0 Å². The van der Waals surface area contributed by atoms with Gasteiger partial charge in [0.1, 0.15) is 0 Å². The summed E-state index contributed by atoms with van der Waals surface area (Å²) in [4.78, 5) is 2.49. The zero-order valence-corrected chi connectivity index (χ0v) is 10.3. The third-order valence-electron chi connectivity index (χ3n) is 3.30. The second-order valence-corrected chi connectivity index (χ2v) is 4.74. The van der Waals surface area contributed by atoms with Gasteiger partial charge < -0.3 is 10.4 Å². The van der Waals surface area contributed by atoms with Crippen molar-refractivity contribution in [3.05, 3.63) is 35.9 Å². The molecule has 0 aromatic heterocycles. The molecular formula is C14H22N2O. The summed E-state index contributed by atoms with van der Waals surface area (Å²) in [5.74, 6) is 0. The summed E-state index contributed by atoms with van der Waals surface area (Å²) in [5, 5.41) is 12.4. The largest absolute Gasteiger partial charge is 0.396 e. The van der Waals surface area contributed by atoms with Crippen molar-refractivity contribution in [2.24, 2.45) is 0 Å². The van der Waals surface area contributed by atoms with Gasteiger partial charge >= 0.3 is 0 Å². The fourth-order valence-electron chi connectivity index (χ4n) is 2.41. The molecule has 1 fully saturated rings. The number of benzene rings is 1. The van der Waals surface area contributed by atoms with E-state index in [4.69, 9.17) is 5.11 Å². The lowest BCUT2D eigenvalue weighted by Gasteiger charge is -2.33. The topological polar surface area (TPSA) is 35.5 Å². The van der Waals surface area contributed by atoms with E-state index in [0.717, 1.165) is 39.0 Å². The van der Waals surface area contributed by atoms with Crippen LogP contribution in [0.1, 0.15) is 18.4 Å². The lowest BCUT2D eigenvalue weighted by Crippen LogP contribution is -2.50. The van der Waals surface area contributed by atoms with E-state index in [-0.39, 0.29) is 0 Å². The number of rotatable bonds is 5. The zero-order valence-electron chi connectivity index (χ0n) is 10.3. The van der Waals surface area contributed by atoms with E-state index in [9.17, 15) is 0 Å². The number of aliphatic hydroxyl groups is 1. The first-order valence-electron chi connectivity index (χ1n) is 6.49. The first kappa shape index (κ1) is 12.6. The molecule has 0 amide bonds. The SMILES string of the molecule is OCCC[C@@H]1CN(Cc2ccccc2)CCN1. The van der Waals surface area contributed by atoms with Crippen LogP contribution in [-0.2, 0) is 6.54 Å². The quantitative estimate of drug-likeness (QED) is 0.804. The lowest BCUT2D eigenvalue weighted by molar-refractivity contribution is 0.178. The van der Waals surface area contributed by atoms with Gasteiger partial charge in [0, 0.05) is 38.8 Å². The van der Waals surface area contributed by atoms with Crippen molar-refractivity contribution in [1.29, 1.82) is 0 Å². The molecule has 2 N–H and O–H groups in total. The molecule has 1 aliphatic rings. The number of nitrogens with zero attached hydrogens (tertiary/aromatic N) is 1. The van der Waals surface area contributed by atoms with E-state index >= 15 is 0 Å². The summed E-state index contributed by atoms with van der Waals surface area (Å²) < 4.78 is 0. The summed E-state index contributed by atoms with van der Waals surface area (Å²) in [6.45, 7) is 4.61. The molecule has 1 aromatic carbocycles. The third-order valence-corrected chi connectivity index (χ3v) is 3.30. The highest BCUT2D eigenvalue weighted by atomic mass is 16.2. The number of aliphatic hydroxyl groups excluding tert-OH is 1. The average molecular weight is 234 g/mol. The summed E-state index contributed by atoms with van der Waals surface area (Å²) >= 11 is 0. The minimum absolute atomic E-state index is 0.302. The number of hydrogen-bond donors (Lipinski definition) is 2. The summed E-state index contributed by atoms with van der Waals surface area (Å²) in [6, 6.07) is 11.2. The molecule has 0 aliphatic carbocycles. The van der Waals surface area contributed by atoms with Crippen LogP contribution in [-0.4, -0.2) is 42.3 Å². The number of piperazine rings is 1. The van der Waals surface area contributed by atoms with Crippen LogP contribution in [0.15, 0.2) is 30.3 Å². The molecule has 0 spiro atoms. The monoisotopic (exact) mass is 234 g/mol. The summed E-state index contributed by atoms with van der Waals surface area (Å²) in [7, 11) is 0. The molecular weight excluding hydrogens is 212 g/mol. The zero-order chi connectivity index (χ0) is 11.9. The molecule has 0 bridgehead atoms. The molecule has 0 radical (unpaired) electrons. The predicted octanol–water partition coefficient (Wildman–Crippen LogP) is 1.23. The predicted molar refractivity (Wildman–Crippen MR) is 69.8 cm³/mol. The first-order chi connectivity index (χ1) is 8.38. The van der Waals surface area contributed by atoms with Gasteiger partial charge in [-0.05, 0) is 18.4 Å². The average Bonchev–Trinajstić information content (AvgIpc) is 2.38. The van der Waals surface area contributed by atoms with Crippen molar-refractivity contribution in [3.63, 3.8) is 0 Å². The standard InChI is InChI=1S/C14H22N2O/c17-10-4-7-14-12-16(9-8-15-14)11-13-5-2-1-3-6-13/h1-3,5-6,14-15,17H,4,7-12H2/t14-/m1/s1. The fourth-order valence-corrected chi connectivity index (χ4v) is 2.41. The third kappa shape index (κ3) is 4.11. The van der Waals surface area contributed by atoms with E-state index in [1.165, 1.54) is 5.56 Å². The van der Waals surface area contributed by atoms with Crippen molar-refractivity contribution >= 4 is 0 Å². The minimum atomic E-state index is 0.302. The molecule has 2 rings (SSSR count). The fraction of sp³-hybridized carbons (Fsp3) is 0.571. The maximum atomic E-state index is 8.86. The highest BCUT2D eigenvalue weighted by Crippen LogP contribution is 2.09. The molecule has 3 heteroatoms. The van der Waals surface area contributed by atoms with Crippen molar-refractivity contribution in [1.82, 2.24) is 10.2 Å². The van der Waals surface area contributed by atoms with E-state index in [0.29, 0.717) is 12.6 Å². The Hall–Kier alpha value is -0.900. The molecule has 1 aliphatic heterocycles. The Balaban J connectivity index is 1.81. The maximum Gasteiger partial charge on any atom is 0.0431 e. The first-order valence-corrected chi connectivity index (χ1v) is 6.49. The van der Waals surface area contributed by atoms with Crippen LogP contribution in [0.4, 0.5) is 0 Å². The molecule has 0 saturated carbocycles. The Kier molecular flexibility index (Phi) is 4.98. The van der Waals surface area contributed by atoms with E-state index in [1.807, 2.05) is 0 Å². The minimum Gasteiger partial charge on any atom is -0.396 e. The Bertz CT molecular complexity index is 315. The van der Waals surface area contributed by atoms with Crippen LogP contribution in [0, 0.1) is 0 Å². The second-order valence-electron chi connectivity index (χ2n) is 4.74. The number of nitrogens with one attached hydrogen (secondary N) is 1. The Labute approximate surface area is 103 Å². The van der Waals surface area contributed by atoms with Gasteiger partial charge in [0.15, 0.2) is 0 Å². The Morgan fingerprint density at radius 2 is 2.12 bits per heavy atom. The molecule has 1 saturated heterocycles. The molecule has 0 unspecified atom stereocenters. The maximum absolute atomic E-state index is 8.86. The van der Waals surface area contributed by atoms with Crippen molar-refractivity contribution < 1.29 is 5.11 Å². The Morgan fingerprint density at radius 3 is 2.88 bits per heavy atom. The summed E-state index contributed by atoms with van der Waals surface area (Å²) in [5.41, 5.74) is 1.38. The normalized spacial score (nSPS) is 21.6. The highest BCUT2D eigenvalue weighted by molar-refractivity contribution is 5.14. The van der Waals surface area contributed by atoms with Gasteiger partial charge in [-0.25, -0.2) is 0 Å². The van der Waals surface area contributed by atoms with Crippen LogP contribution < -0.4 is 5.32 Å². The van der Waals surface area contributed by atoms with Crippen molar-refractivity contribution in [2.45, 2.75) is 25.4 Å². The molecule has 94 valence electrons. The summed E-state index contributed by atoms with van der Waals surface area (Å²) in [6.07, 6.45) is 1.97. The molecule has 1 atom stereocenters. The van der Waals surface area contributed by atoms with Crippen LogP contribution in [0.5, 0.6) is 0 Å². The van der Waals surface area contributed by atoms with E-state index < -0.39 is 0 Å². The van der Waals surface area contributed by atoms with Crippen molar-refractivity contribution in [3.8, 4) is 0 Å². The molecule has 17 heavy (non-hydrogen) atoms. The van der Waals surface area contributed by atoms with Crippen LogP contribution in [0.25, 0.3) is 0 Å². The van der Waals surface area contributed by atoms with Crippen LogP contribution in [0.2, 0.25) is 0 Å². The molecule has 3 nitrogen and oxygen atoms in total. The van der Waals surface area contributed by atoms with Crippen molar-refractivity contribution in [2.75, 3.05) is 26.2 Å². The van der Waals surface area contributed by atoms with Crippen LogP contribution in [0.3, 0.4) is 0 Å². The second kappa shape index (κ2) is 6.74. The van der Waals surface area contributed by atoms with Gasteiger partial charge in [0.2, 0.25) is 0 Å².